The van der Waals surface area contributed by atoms with Gasteiger partial charge in [-0.15, -0.1) is 0 Å². The van der Waals surface area contributed by atoms with Crippen LogP contribution in [-0.4, -0.2) is 60.9 Å². The topological polar surface area (TPSA) is 76.1 Å². The Labute approximate surface area is 94.1 Å². The van der Waals surface area contributed by atoms with Crippen molar-refractivity contribution in [3.63, 3.8) is 0 Å². The Morgan fingerprint density at radius 3 is 2.75 bits per heavy atom. The van der Waals surface area contributed by atoms with Crippen molar-refractivity contribution in [2.24, 2.45) is 0 Å². The van der Waals surface area contributed by atoms with E-state index < -0.39 is 24.1 Å². The summed E-state index contributed by atoms with van der Waals surface area (Å²) in [6, 6.07) is -0.551. The summed E-state index contributed by atoms with van der Waals surface area (Å²) in [6.07, 6.45) is -0.301. The number of aliphatic hydroxyl groups is 1. The minimum absolute atomic E-state index is 0.00463. The Bertz CT molecular complexity index is 268. The van der Waals surface area contributed by atoms with E-state index in [-0.39, 0.29) is 6.54 Å². The predicted molar refractivity (Wildman–Crippen MR) is 54.6 cm³/mol. The molecule has 0 amide bonds. The lowest BCUT2D eigenvalue weighted by Crippen LogP contribution is -2.40. The summed E-state index contributed by atoms with van der Waals surface area (Å²) in [5.74, 6) is -0.827. The van der Waals surface area contributed by atoms with Crippen molar-refractivity contribution >= 4 is 11.9 Å². The zero-order chi connectivity index (χ0) is 12.1. The van der Waals surface area contributed by atoms with Crippen molar-refractivity contribution < 1.29 is 24.2 Å². The van der Waals surface area contributed by atoms with Crippen LogP contribution in [0.5, 0.6) is 0 Å². The number of hydrogen-bond acceptors (Lipinski definition) is 6. The maximum absolute atomic E-state index is 11.4. The number of carbonyl (C=O) groups is 2. The molecule has 0 spiro atoms. The zero-order valence-electron chi connectivity index (χ0n) is 9.51. The van der Waals surface area contributed by atoms with E-state index in [1.807, 2.05) is 0 Å². The van der Waals surface area contributed by atoms with Gasteiger partial charge < -0.3 is 14.6 Å². The van der Waals surface area contributed by atoms with Crippen LogP contribution in [0.25, 0.3) is 0 Å². The fourth-order valence-electron chi connectivity index (χ4n) is 1.81. The van der Waals surface area contributed by atoms with E-state index in [2.05, 4.69) is 4.74 Å². The van der Waals surface area contributed by atoms with Gasteiger partial charge in [0.2, 0.25) is 0 Å². The average molecular weight is 231 g/mol. The van der Waals surface area contributed by atoms with Gasteiger partial charge in [-0.25, -0.2) is 0 Å². The number of ether oxygens (including phenoxy) is 2. The second kappa shape index (κ2) is 5.81. The van der Waals surface area contributed by atoms with Crippen molar-refractivity contribution in [1.29, 1.82) is 0 Å². The summed E-state index contributed by atoms with van der Waals surface area (Å²) in [6.45, 7) is 2.32. The molecule has 0 bridgehead atoms. The molecule has 1 N–H and O–H groups in total. The monoisotopic (exact) mass is 231 g/mol. The molecule has 0 saturated carbocycles. The second-order valence-corrected chi connectivity index (χ2v) is 3.66. The Hall–Kier alpha value is -1.14. The highest BCUT2D eigenvalue weighted by Gasteiger charge is 2.37. The van der Waals surface area contributed by atoms with E-state index >= 15 is 0 Å². The first-order valence-corrected chi connectivity index (χ1v) is 5.24. The normalized spacial score (nSPS) is 25.4. The molecule has 1 aliphatic heterocycles. The molecule has 0 aromatic carbocycles. The van der Waals surface area contributed by atoms with Crippen LogP contribution in [0.15, 0.2) is 0 Å². The molecule has 2 atom stereocenters. The average Bonchev–Trinajstić information content (AvgIpc) is 2.58. The van der Waals surface area contributed by atoms with Gasteiger partial charge >= 0.3 is 11.9 Å². The quantitative estimate of drug-likeness (QED) is 0.636. The number of esters is 2. The van der Waals surface area contributed by atoms with E-state index in [1.54, 1.807) is 11.8 Å². The maximum atomic E-state index is 11.4. The Morgan fingerprint density at radius 2 is 2.19 bits per heavy atom. The molecule has 2 unspecified atom stereocenters. The number of methoxy groups -OCH3 is 1. The molecule has 0 aromatic rings. The van der Waals surface area contributed by atoms with Crippen LogP contribution in [0.3, 0.4) is 0 Å². The molecule has 0 aliphatic carbocycles. The smallest absolute Gasteiger partial charge is 0.323 e. The number of rotatable bonds is 4. The molecule has 0 radical (unpaired) electrons. The fourth-order valence-corrected chi connectivity index (χ4v) is 1.81. The van der Waals surface area contributed by atoms with E-state index in [0.29, 0.717) is 19.6 Å². The van der Waals surface area contributed by atoms with Crippen LogP contribution < -0.4 is 0 Å². The van der Waals surface area contributed by atoms with Gasteiger partial charge in [0, 0.05) is 13.0 Å². The van der Waals surface area contributed by atoms with Crippen LogP contribution >= 0.6 is 0 Å². The maximum Gasteiger partial charge on any atom is 0.323 e. The van der Waals surface area contributed by atoms with Crippen LogP contribution in [0.1, 0.15) is 13.3 Å². The number of β-amino-alcohol motifs (C(OH)–C–C–N with tert-alkyl or cyclic N) is 1. The number of nitrogens with zero attached hydrogens (tertiary/aromatic N) is 1. The van der Waals surface area contributed by atoms with E-state index in [9.17, 15) is 14.7 Å². The van der Waals surface area contributed by atoms with Crippen molar-refractivity contribution in [3.8, 4) is 0 Å². The highest BCUT2D eigenvalue weighted by molar-refractivity contribution is 5.78. The third kappa shape index (κ3) is 3.18. The van der Waals surface area contributed by atoms with Crippen molar-refractivity contribution in [2.45, 2.75) is 25.5 Å². The highest BCUT2D eigenvalue weighted by atomic mass is 16.5. The molecule has 1 saturated heterocycles. The number of hydrogen-bond donors (Lipinski definition) is 1. The van der Waals surface area contributed by atoms with Gasteiger partial charge in [0.05, 0.1) is 26.4 Å². The van der Waals surface area contributed by atoms with E-state index in [4.69, 9.17) is 4.74 Å². The second-order valence-electron chi connectivity index (χ2n) is 3.66. The first-order chi connectivity index (χ1) is 7.58. The Kier molecular flexibility index (Phi) is 4.70. The van der Waals surface area contributed by atoms with Crippen LogP contribution in [0.2, 0.25) is 0 Å². The third-order valence-corrected chi connectivity index (χ3v) is 2.49. The van der Waals surface area contributed by atoms with Crippen molar-refractivity contribution in [3.05, 3.63) is 0 Å². The molecule has 92 valence electrons. The van der Waals surface area contributed by atoms with E-state index in [0.717, 1.165) is 0 Å². The highest BCUT2D eigenvalue weighted by Crippen LogP contribution is 2.18. The summed E-state index contributed by atoms with van der Waals surface area (Å²) >= 11 is 0. The first kappa shape index (κ1) is 12.9. The van der Waals surface area contributed by atoms with Crippen molar-refractivity contribution in [2.75, 3.05) is 26.8 Å². The fraction of sp³-hybridized carbons (Fsp3) is 0.800. The Morgan fingerprint density at radius 1 is 1.50 bits per heavy atom. The lowest BCUT2D eigenvalue weighted by atomic mass is 10.2. The van der Waals surface area contributed by atoms with E-state index in [1.165, 1.54) is 7.11 Å². The summed E-state index contributed by atoms with van der Waals surface area (Å²) in [5.41, 5.74) is 0. The molecular formula is C10H17NO5. The van der Waals surface area contributed by atoms with Gasteiger partial charge in [0.1, 0.15) is 6.04 Å². The Balaban J connectivity index is 2.56. The van der Waals surface area contributed by atoms with Gasteiger partial charge in [-0.2, -0.15) is 0 Å². The molecule has 1 aliphatic rings. The van der Waals surface area contributed by atoms with Gasteiger partial charge in [0.15, 0.2) is 0 Å². The lowest BCUT2D eigenvalue weighted by molar-refractivity contribution is -0.149. The number of carbonyl (C=O) groups excluding carboxylic acids is 2. The summed E-state index contributed by atoms with van der Waals surface area (Å²) < 4.78 is 9.40. The first-order valence-electron chi connectivity index (χ1n) is 5.24. The van der Waals surface area contributed by atoms with Gasteiger partial charge in [0.25, 0.3) is 0 Å². The minimum atomic E-state index is -0.599. The standard InChI is InChI=1S/C10H17NO5/c1-3-16-9(13)6-11-5-7(12)4-8(11)10(14)15-2/h7-8,12H,3-6H2,1-2H3. The molecule has 1 fully saturated rings. The van der Waals surface area contributed by atoms with Gasteiger partial charge in [-0.3, -0.25) is 14.5 Å². The zero-order valence-corrected chi connectivity index (χ0v) is 9.51. The molecular weight excluding hydrogens is 214 g/mol. The largest absolute Gasteiger partial charge is 0.468 e. The van der Waals surface area contributed by atoms with Crippen LogP contribution in [-0.2, 0) is 19.1 Å². The van der Waals surface area contributed by atoms with Crippen molar-refractivity contribution in [1.82, 2.24) is 4.90 Å². The SMILES string of the molecule is CCOC(=O)CN1CC(O)CC1C(=O)OC. The molecule has 1 rings (SSSR count). The van der Waals surface area contributed by atoms with Crippen LogP contribution in [0, 0.1) is 0 Å². The lowest BCUT2D eigenvalue weighted by Gasteiger charge is -2.20. The van der Waals surface area contributed by atoms with Crippen LogP contribution in [0.4, 0.5) is 0 Å². The third-order valence-electron chi connectivity index (χ3n) is 2.49. The molecule has 6 nitrogen and oxygen atoms in total. The summed E-state index contributed by atoms with van der Waals surface area (Å²) in [7, 11) is 1.29. The van der Waals surface area contributed by atoms with Gasteiger partial charge in [-0.1, -0.05) is 0 Å². The molecule has 1 heterocycles. The number of aliphatic hydroxyl groups excluding tert-OH is 1. The number of likely N-dealkylation sites (tertiary alicyclic amines) is 1. The van der Waals surface area contributed by atoms with Gasteiger partial charge in [-0.05, 0) is 6.92 Å². The predicted octanol–water partition coefficient (Wildman–Crippen LogP) is -0.842. The molecule has 16 heavy (non-hydrogen) atoms. The molecule has 0 aromatic heterocycles. The summed E-state index contributed by atoms with van der Waals surface area (Å²) in [5, 5.41) is 9.46. The minimum Gasteiger partial charge on any atom is -0.468 e. The molecule has 6 heteroatoms. The summed E-state index contributed by atoms with van der Waals surface area (Å²) in [4.78, 5) is 24.2.